The summed E-state index contributed by atoms with van der Waals surface area (Å²) in [5, 5.41) is 10.8. The van der Waals surface area contributed by atoms with Crippen molar-refractivity contribution in [2.45, 2.75) is 64.8 Å². The number of anilines is 1. The first-order chi connectivity index (χ1) is 16.7. The topological polar surface area (TPSA) is 58.7 Å². The van der Waals surface area contributed by atoms with Crippen LogP contribution in [-0.2, 0) is 25.7 Å². The number of aryl methyl sites for hydroxylation is 1. The number of hydrogen-bond acceptors (Lipinski definition) is 4. The summed E-state index contributed by atoms with van der Waals surface area (Å²) in [6.07, 6.45) is 6.05. The number of phenols is 1. The van der Waals surface area contributed by atoms with Crippen LogP contribution in [0.2, 0.25) is 0 Å². The van der Waals surface area contributed by atoms with E-state index in [1.54, 1.807) is 7.11 Å². The highest BCUT2D eigenvalue weighted by Crippen LogP contribution is 2.43. The Kier molecular flexibility index (Phi) is 7.42. The minimum atomic E-state index is 0.106. The Morgan fingerprint density at radius 1 is 0.971 bits per heavy atom. The molecule has 0 spiro atoms. The molecule has 0 aliphatic heterocycles. The van der Waals surface area contributed by atoms with Crippen LogP contribution in [0.4, 0.5) is 5.69 Å². The number of benzene rings is 3. The first-order valence-electron chi connectivity index (χ1n) is 12.8. The lowest BCUT2D eigenvalue weighted by Gasteiger charge is -2.35. The Hall–Kier alpha value is -2.98. The van der Waals surface area contributed by atoms with Gasteiger partial charge in [0.15, 0.2) is 0 Å². The highest BCUT2D eigenvalue weighted by molar-refractivity contribution is 5.86. The van der Waals surface area contributed by atoms with Gasteiger partial charge in [0, 0.05) is 34.3 Å². The first kappa shape index (κ1) is 25.1. The van der Waals surface area contributed by atoms with Gasteiger partial charge in [-0.3, -0.25) is 0 Å². The number of nitrogens with two attached hydrogens (primary N) is 1. The fourth-order valence-electron chi connectivity index (χ4n) is 5.39. The summed E-state index contributed by atoms with van der Waals surface area (Å²) in [4.78, 5) is 2.38. The summed E-state index contributed by atoms with van der Waals surface area (Å²) in [5.74, 6) is 1.09. The van der Waals surface area contributed by atoms with Crippen molar-refractivity contribution in [3.63, 3.8) is 0 Å². The van der Waals surface area contributed by atoms with Crippen LogP contribution in [0.25, 0.3) is 11.1 Å². The molecule has 0 amide bonds. The van der Waals surface area contributed by atoms with Crippen molar-refractivity contribution in [3.05, 3.63) is 76.3 Å². The van der Waals surface area contributed by atoms with Crippen LogP contribution in [0.1, 0.15) is 61.4 Å². The van der Waals surface area contributed by atoms with E-state index >= 15 is 0 Å². The smallest absolute Gasteiger partial charge is 0.124 e. The van der Waals surface area contributed by atoms with Gasteiger partial charge < -0.3 is 20.5 Å². The van der Waals surface area contributed by atoms with Crippen LogP contribution in [0.15, 0.2) is 48.5 Å². The number of phenolic OH excluding ortho intramolecular Hbond substituents is 1. The van der Waals surface area contributed by atoms with E-state index in [0.29, 0.717) is 17.9 Å². The van der Waals surface area contributed by atoms with Gasteiger partial charge in [-0.05, 0) is 100.0 Å². The Bertz CT molecular complexity index is 1180. The molecule has 0 unspecified atom stereocenters. The molecular weight excluding hydrogens is 432 g/mol. The maximum atomic E-state index is 10.8. The Morgan fingerprint density at radius 2 is 1.66 bits per heavy atom. The zero-order chi connectivity index (χ0) is 25.2. The second kappa shape index (κ2) is 10.3. The van der Waals surface area contributed by atoms with Crippen molar-refractivity contribution < 1.29 is 9.84 Å². The normalized spacial score (nSPS) is 13.7. The summed E-state index contributed by atoms with van der Waals surface area (Å²) in [7, 11) is 3.87. The van der Waals surface area contributed by atoms with Gasteiger partial charge >= 0.3 is 0 Å². The van der Waals surface area contributed by atoms with E-state index in [-0.39, 0.29) is 5.54 Å². The third-order valence-electron chi connectivity index (χ3n) is 7.86. The predicted octanol–water partition coefficient (Wildman–Crippen LogP) is 6.39. The van der Waals surface area contributed by atoms with E-state index in [0.717, 1.165) is 54.7 Å². The molecule has 3 N–H and O–H groups in total. The summed E-state index contributed by atoms with van der Waals surface area (Å²) in [6, 6.07) is 16.7. The Morgan fingerprint density at radius 3 is 2.34 bits per heavy atom. The van der Waals surface area contributed by atoms with Crippen LogP contribution >= 0.6 is 0 Å². The fourth-order valence-corrected chi connectivity index (χ4v) is 5.39. The van der Waals surface area contributed by atoms with Crippen molar-refractivity contribution in [1.82, 2.24) is 4.90 Å². The molecule has 35 heavy (non-hydrogen) atoms. The third-order valence-corrected chi connectivity index (χ3v) is 7.86. The number of aromatic hydroxyl groups is 1. The summed E-state index contributed by atoms with van der Waals surface area (Å²) in [5.41, 5.74) is 15.4. The second-order valence-corrected chi connectivity index (χ2v) is 10.5. The maximum Gasteiger partial charge on any atom is 0.124 e. The molecular formula is C31H40N2O2. The van der Waals surface area contributed by atoms with Crippen LogP contribution in [0.3, 0.4) is 0 Å². The number of likely N-dealkylation sites (N-methyl/N-ethyl adjacent to an activating group) is 1. The first-order valence-corrected chi connectivity index (χ1v) is 12.8. The molecule has 0 heterocycles. The van der Waals surface area contributed by atoms with E-state index in [2.05, 4.69) is 63.1 Å². The summed E-state index contributed by atoms with van der Waals surface area (Å²) >= 11 is 0. The zero-order valence-corrected chi connectivity index (χ0v) is 21.9. The van der Waals surface area contributed by atoms with E-state index < -0.39 is 0 Å². The van der Waals surface area contributed by atoms with Gasteiger partial charge in [0.05, 0.1) is 7.11 Å². The standard InChI is InChI=1S/C31H40N2O2/c1-6-33(4)31(2,3)20-22-13-11-21(12-14-22)19-26-28(35-5)18-16-25(30(26)32)29-24-10-8-7-9-23(24)15-17-27(29)34/h11-18,34H,6-10,19-20,32H2,1-5H3. The van der Waals surface area contributed by atoms with Crippen molar-refractivity contribution in [2.75, 3.05) is 26.4 Å². The molecule has 0 saturated carbocycles. The number of rotatable bonds is 8. The molecule has 3 aromatic carbocycles. The minimum absolute atomic E-state index is 0.106. The zero-order valence-electron chi connectivity index (χ0n) is 21.9. The van der Waals surface area contributed by atoms with Crippen LogP contribution < -0.4 is 10.5 Å². The maximum absolute atomic E-state index is 10.8. The van der Waals surface area contributed by atoms with Gasteiger partial charge in [-0.25, -0.2) is 0 Å². The van der Waals surface area contributed by atoms with Crippen molar-refractivity contribution in [3.8, 4) is 22.6 Å². The van der Waals surface area contributed by atoms with Gasteiger partial charge in [-0.1, -0.05) is 37.3 Å². The molecule has 3 aromatic rings. The summed E-state index contributed by atoms with van der Waals surface area (Å²) < 4.78 is 5.71. The molecule has 4 rings (SSSR count). The van der Waals surface area contributed by atoms with E-state index in [9.17, 15) is 5.11 Å². The molecule has 0 fully saturated rings. The molecule has 0 saturated heterocycles. The van der Waals surface area contributed by atoms with Gasteiger partial charge in [-0.15, -0.1) is 0 Å². The average Bonchev–Trinajstić information content (AvgIpc) is 2.86. The van der Waals surface area contributed by atoms with E-state index in [1.807, 2.05) is 18.2 Å². The molecule has 0 radical (unpaired) electrons. The lowest BCUT2D eigenvalue weighted by atomic mass is 9.84. The molecule has 4 heteroatoms. The minimum Gasteiger partial charge on any atom is -0.507 e. The number of nitrogens with zero attached hydrogens (tertiary/aromatic N) is 1. The highest BCUT2D eigenvalue weighted by Gasteiger charge is 2.24. The average molecular weight is 473 g/mol. The van der Waals surface area contributed by atoms with Crippen molar-refractivity contribution in [1.29, 1.82) is 0 Å². The predicted molar refractivity (Wildman–Crippen MR) is 146 cm³/mol. The lowest BCUT2D eigenvalue weighted by molar-refractivity contribution is 0.164. The highest BCUT2D eigenvalue weighted by atomic mass is 16.5. The summed E-state index contributed by atoms with van der Waals surface area (Å²) in [6.45, 7) is 7.81. The number of fused-ring (bicyclic) bond motifs is 1. The van der Waals surface area contributed by atoms with Gasteiger partial charge in [-0.2, -0.15) is 0 Å². The number of methoxy groups -OCH3 is 1. The Balaban J connectivity index is 1.66. The van der Waals surface area contributed by atoms with E-state index in [4.69, 9.17) is 10.5 Å². The molecule has 0 aromatic heterocycles. The van der Waals surface area contributed by atoms with Gasteiger partial charge in [0.1, 0.15) is 11.5 Å². The number of nitrogen functional groups attached to an aromatic ring is 1. The molecule has 1 aliphatic carbocycles. The number of ether oxygens (including phenoxy) is 1. The Labute approximate surface area is 210 Å². The number of hydrogen-bond donors (Lipinski definition) is 2. The van der Waals surface area contributed by atoms with Crippen LogP contribution in [0.5, 0.6) is 11.5 Å². The fraction of sp³-hybridized carbons (Fsp3) is 0.419. The van der Waals surface area contributed by atoms with Crippen molar-refractivity contribution >= 4 is 5.69 Å². The van der Waals surface area contributed by atoms with Gasteiger partial charge in [0.2, 0.25) is 0 Å². The van der Waals surface area contributed by atoms with Crippen molar-refractivity contribution in [2.24, 2.45) is 0 Å². The van der Waals surface area contributed by atoms with E-state index in [1.165, 1.54) is 28.7 Å². The molecule has 0 atom stereocenters. The molecule has 0 bridgehead atoms. The largest absolute Gasteiger partial charge is 0.507 e. The molecule has 1 aliphatic rings. The van der Waals surface area contributed by atoms with Gasteiger partial charge in [0.25, 0.3) is 0 Å². The lowest BCUT2D eigenvalue weighted by Crippen LogP contribution is -2.42. The second-order valence-electron chi connectivity index (χ2n) is 10.5. The monoisotopic (exact) mass is 472 g/mol. The molecule has 4 nitrogen and oxygen atoms in total. The van der Waals surface area contributed by atoms with Crippen LogP contribution in [0, 0.1) is 0 Å². The quantitative estimate of drug-likeness (QED) is 0.373. The SMILES string of the molecule is CCN(C)C(C)(C)Cc1ccc(Cc2c(OC)ccc(-c3c(O)ccc4c3CCCC4)c2N)cc1. The third kappa shape index (κ3) is 5.18. The molecule has 186 valence electrons. The van der Waals surface area contributed by atoms with Crippen LogP contribution in [-0.4, -0.2) is 36.2 Å².